The zero-order valence-corrected chi connectivity index (χ0v) is 12.2. The van der Waals surface area contributed by atoms with Gasteiger partial charge in [0.15, 0.2) is 0 Å². The van der Waals surface area contributed by atoms with E-state index in [-0.39, 0.29) is 0 Å². The van der Waals surface area contributed by atoms with Gasteiger partial charge >= 0.3 is 0 Å². The molecule has 0 aliphatic rings. The van der Waals surface area contributed by atoms with Crippen LogP contribution in [0.25, 0.3) is 10.9 Å². The van der Waals surface area contributed by atoms with E-state index in [9.17, 15) is 5.11 Å². The lowest BCUT2D eigenvalue weighted by Crippen LogP contribution is -2.01. The minimum Gasteiger partial charge on any atom is -0.508 e. The van der Waals surface area contributed by atoms with Gasteiger partial charge in [-0.3, -0.25) is 0 Å². The Morgan fingerprint density at radius 1 is 1.05 bits per heavy atom. The van der Waals surface area contributed by atoms with Crippen molar-refractivity contribution in [3.8, 4) is 5.75 Å². The first-order valence-corrected chi connectivity index (χ1v) is 6.96. The Morgan fingerprint density at radius 3 is 2.53 bits per heavy atom. The molecule has 0 radical (unpaired) electrons. The van der Waals surface area contributed by atoms with Gasteiger partial charge in [0.05, 0.1) is 0 Å². The minimum atomic E-state index is 0.313. The van der Waals surface area contributed by atoms with Crippen LogP contribution in [0.5, 0.6) is 5.75 Å². The van der Waals surface area contributed by atoms with E-state index in [0.29, 0.717) is 5.75 Å². The molecule has 0 atom stereocenters. The number of benzene rings is 2. The number of phenolic OH excluding ortho intramolecular Hbond substituents is 1. The van der Waals surface area contributed by atoms with Gasteiger partial charge < -0.3 is 9.67 Å². The van der Waals surface area contributed by atoms with E-state index in [1.807, 2.05) is 6.07 Å². The molecule has 0 fully saturated rings. The third kappa shape index (κ3) is 2.38. The molecular formula is C16H14BrNO. The lowest BCUT2D eigenvalue weighted by Gasteiger charge is -2.08. The van der Waals surface area contributed by atoms with Gasteiger partial charge in [0, 0.05) is 27.6 Å². The van der Waals surface area contributed by atoms with Crippen LogP contribution in [0.15, 0.2) is 53.0 Å². The van der Waals surface area contributed by atoms with E-state index in [1.54, 1.807) is 12.1 Å². The average molecular weight is 316 g/mol. The number of phenols is 1. The highest BCUT2D eigenvalue weighted by Crippen LogP contribution is 2.24. The first-order valence-electron chi connectivity index (χ1n) is 6.17. The molecule has 0 saturated carbocycles. The summed E-state index contributed by atoms with van der Waals surface area (Å²) in [5.74, 6) is 0.313. The van der Waals surface area contributed by atoms with E-state index >= 15 is 0 Å². The van der Waals surface area contributed by atoms with Crippen molar-refractivity contribution in [2.24, 2.45) is 0 Å². The number of aryl methyl sites for hydroxylation is 1. The first-order chi connectivity index (χ1) is 9.13. The Kier molecular flexibility index (Phi) is 3.07. The molecule has 1 aromatic heterocycles. The Bertz CT molecular complexity index is 728. The van der Waals surface area contributed by atoms with Crippen LogP contribution < -0.4 is 0 Å². The molecule has 0 saturated heterocycles. The quantitative estimate of drug-likeness (QED) is 0.741. The van der Waals surface area contributed by atoms with Gasteiger partial charge in [0.2, 0.25) is 0 Å². The number of halogens is 1. The zero-order chi connectivity index (χ0) is 13.4. The number of fused-ring (bicyclic) bond motifs is 1. The number of hydrogen-bond acceptors (Lipinski definition) is 1. The normalized spacial score (nSPS) is 11.1. The highest BCUT2D eigenvalue weighted by molar-refractivity contribution is 9.10. The highest BCUT2D eigenvalue weighted by Gasteiger charge is 2.06. The molecule has 3 heteroatoms. The van der Waals surface area contributed by atoms with Gasteiger partial charge in [-0.1, -0.05) is 28.1 Å². The van der Waals surface area contributed by atoms with Crippen molar-refractivity contribution in [3.63, 3.8) is 0 Å². The molecule has 1 heterocycles. The van der Waals surface area contributed by atoms with Crippen LogP contribution in [-0.4, -0.2) is 9.67 Å². The second-order valence-corrected chi connectivity index (χ2v) is 5.66. The van der Waals surface area contributed by atoms with Crippen molar-refractivity contribution in [1.29, 1.82) is 0 Å². The Morgan fingerprint density at radius 2 is 1.79 bits per heavy atom. The third-order valence-electron chi connectivity index (χ3n) is 3.35. The highest BCUT2D eigenvalue weighted by atomic mass is 79.9. The lowest BCUT2D eigenvalue weighted by molar-refractivity contribution is 0.476. The molecule has 2 aromatic carbocycles. The Balaban J connectivity index is 2.05. The predicted molar refractivity (Wildman–Crippen MR) is 81.6 cm³/mol. The third-order valence-corrected chi connectivity index (χ3v) is 3.87. The second kappa shape index (κ2) is 4.74. The summed E-state index contributed by atoms with van der Waals surface area (Å²) in [7, 11) is 0. The predicted octanol–water partition coefficient (Wildman–Crippen LogP) is 4.47. The van der Waals surface area contributed by atoms with Crippen LogP contribution >= 0.6 is 15.9 Å². The fraction of sp³-hybridized carbons (Fsp3) is 0.125. The molecule has 1 N–H and O–H groups in total. The molecule has 0 aliphatic heterocycles. The molecule has 3 aromatic rings. The van der Waals surface area contributed by atoms with Gasteiger partial charge in [0.1, 0.15) is 5.75 Å². The van der Waals surface area contributed by atoms with Crippen LogP contribution in [0.4, 0.5) is 0 Å². The molecule has 2 nitrogen and oxygen atoms in total. The molecule has 0 aliphatic carbocycles. The van der Waals surface area contributed by atoms with Gasteiger partial charge in [-0.05, 0) is 48.9 Å². The fourth-order valence-electron chi connectivity index (χ4n) is 2.38. The van der Waals surface area contributed by atoms with Gasteiger partial charge in [-0.2, -0.15) is 0 Å². The average Bonchev–Trinajstić information content (AvgIpc) is 2.68. The van der Waals surface area contributed by atoms with Crippen molar-refractivity contribution in [2.45, 2.75) is 13.5 Å². The zero-order valence-electron chi connectivity index (χ0n) is 10.6. The standard InChI is InChI=1S/C16H14BrNO/c1-11-8-13-9-15(19)6-7-16(13)18(11)10-12-2-4-14(17)5-3-12/h2-9,19H,10H2,1H3. The lowest BCUT2D eigenvalue weighted by atomic mass is 10.2. The summed E-state index contributed by atoms with van der Waals surface area (Å²) in [5.41, 5.74) is 3.61. The second-order valence-electron chi connectivity index (χ2n) is 4.74. The van der Waals surface area contributed by atoms with E-state index in [2.05, 4.69) is 57.8 Å². The van der Waals surface area contributed by atoms with E-state index < -0.39 is 0 Å². The summed E-state index contributed by atoms with van der Waals surface area (Å²) in [6, 6.07) is 16.0. The van der Waals surface area contributed by atoms with Crippen molar-refractivity contribution in [3.05, 3.63) is 64.3 Å². The summed E-state index contributed by atoms with van der Waals surface area (Å²) in [4.78, 5) is 0. The number of nitrogens with zero attached hydrogens (tertiary/aromatic N) is 1. The van der Waals surface area contributed by atoms with Gasteiger partial charge in [-0.25, -0.2) is 0 Å². The van der Waals surface area contributed by atoms with Crippen LogP contribution in [0.3, 0.4) is 0 Å². The minimum absolute atomic E-state index is 0.313. The maximum atomic E-state index is 9.54. The fourth-order valence-corrected chi connectivity index (χ4v) is 2.64. The van der Waals surface area contributed by atoms with Crippen LogP contribution in [-0.2, 0) is 6.54 Å². The largest absolute Gasteiger partial charge is 0.508 e. The molecule has 3 rings (SSSR count). The molecule has 96 valence electrons. The molecular weight excluding hydrogens is 302 g/mol. The SMILES string of the molecule is Cc1cc2cc(O)ccc2n1Cc1ccc(Br)cc1. The maximum Gasteiger partial charge on any atom is 0.116 e. The van der Waals surface area contributed by atoms with Crippen LogP contribution in [0, 0.1) is 6.92 Å². The Labute approximate surface area is 120 Å². The van der Waals surface area contributed by atoms with Crippen LogP contribution in [0.1, 0.15) is 11.3 Å². The number of aromatic hydroxyl groups is 1. The van der Waals surface area contributed by atoms with Crippen LogP contribution in [0.2, 0.25) is 0 Å². The topological polar surface area (TPSA) is 25.2 Å². The summed E-state index contributed by atoms with van der Waals surface area (Å²) in [6.07, 6.45) is 0. The number of hydrogen-bond donors (Lipinski definition) is 1. The smallest absolute Gasteiger partial charge is 0.116 e. The Hall–Kier alpha value is -1.74. The van der Waals surface area contributed by atoms with E-state index in [0.717, 1.165) is 21.9 Å². The van der Waals surface area contributed by atoms with Gasteiger partial charge in [-0.15, -0.1) is 0 Å². The van der Waals surface area contributed by atoms with Crippen molar-refractivity contribution in [2.75, 3.05) is 0 Å². The van der Waals surface area contributed by atoms with E-state index in [1.165, 1.54) is 11.3 Å². The van der Waals surface area contributed by atoms with Crippen molar-refractivity contribution in [1.82, 2.24) is 4.57 Å². The monoisotopic (exact) mass is 315 g/mol. The molecule has 0 amide bonds. The molecule has 0 unspecified atom stereocenters. The van der Waals surface area contributed by atoms with Crippen molar-refractivity contribution < 1.29 is 5.11 Å². The summed E-state index contributed by atoms with van der Waals surface area (Å²) in [5, 5.41) is 10.6. The summed E-state index contributed by atoms with van der Waals surface area (Å²) in [6.45, 7) is 2.93. The molecule has 0 spiro atoms. The molecule has 19 heavy (non-hydrogen) atoms. The van der Waals surface area contributed by atoms with Crippen molar-refractivity contribution >= 4 is 26.8 Å². The first kappa shape index (κ1) is 12.3. The molecule has 0 bridgehead atoms. The van der Waals surface area contributed by atoms with Gasteiger partial charge in [0.25, 0.3) is 0 Å². The number of rotatable bonds is 2. The summed E-state index contributed by atoms with van der Waals surface area (Å²) < 4.78 is 3.35. The maximum absolute atomic E-state index is 9.54. The summed E-state index contributed by atoms with van der Waals surface area (Å²) >= 11 is 3.45. The number of aromatic nitrogens is 1. The van der Waals surface area contributed by atoms with E-state index in [4.69, 9.17) is 0 Å².